The largest absolute Gasteiger partial charge is 0.294 e. The number of aromatic nitrogens is 1. The van der Waals surface area contributed by atoms with Crippen molar-refractivity contribution in [3.8, 4) is 0 Å². The Kier molecular flexibility index (Phi) is 3.51. The fraction of sp³-hybridized carbons (Fsp3) is 0.200. The zero-order valence-corrected chi connectivity index (χ0v) is 10.4. The van der Waals surface area contributed by atoms with Crippen molar-refractivity contribution >= 4 is 5.78 Å². The highest BCUT2D eigenvalue weighted by molar-refractivity contribution is 5.97. The summed E-state index contributed by atoms with van der Waals surface area (Å²) in [6.07, 6.45) is 0.281. The monoisotopic (exact) mass is 243 g/mol. The molecular weight excluding hydrogens is 229 g/mol. The fourth-order valence-corrected chi connectivity index (χ4v) is 1.89. The summed E-state index contributed by atoms with van der Waals surface area (Å²) >= 11 is 0. The molecule has 0 atom stereocenters. The summed E-state index contributed by atoms with van der Waals surface area (Å²) in [5.74, 6) is -0.267. The van der Waals surface area contributed by atoms with Crippen molar-refractivity contribution < 1.29 is 9.18 Å². The predicted molar refractivity (Wildman–Crippen MR) is 68.1 cm³/mol. The number of rotatable bonds is 3. The topological polar surface area (TPSA) is 30.0 Å². The third kappa shape index (κ3) is 3.00. The van der Waals surface area contributed by atoms with Gasteiger partial charge in [-0.25, -0.2) is 4.39 Å². The predicted octanol–water partition coefficient (Wildman–Crippen LogP) is 3.26. The van der Waals surface area contributed by atoms with Crippen LogP contribution >= 0.6 is 0 Å². The van der Waals surface area contributed by atoms with E-state index in [4.69, 9.17) is 0 Å². The molecule has 92 valence electrons. The molecule has 0 aliphatic carbocycles. The minimum Gasteiger partial charge on any atom is -0.294 e. The van der Waals surface area contributed by atoms with Gasteiger partial charge in [-0.3, -0.25) is 9.78 Å². The van der Waals surface area contributed by atoms with Gasteiger partial charge in [0.15, 0.2) is 5.78 Å². The zero-order chi connectivity index (χ0) is 13.1. The number of carbonyl (C=O) groups is 1. The van der Waals surface area contributed by atoms with Crippen molar-refractivity contribution in [2.24, 2.45) is 0 Å². The maximum absolute atomic E-state index is 12.8. The Labute approximate surface area is 105 Å². The Morgan fingerprint density at radius 3 is 2.22 bits per heavy atom. The second-order valence-corrected chi connectivity index (χ2v) is 4.37. The van der Waals surface area contributed by atoms with Crippen molar-refractivity contribution in [2.45, 2.75) is 20.3 Å². The first-order chi connectivity index (χ1) is 8.54. The lowest BCUT2D eigenvalue weighted by Gasteiger charge is -2.04. The number of halogens is 1. The zero-order valence-electron chi connectivity index (χ0n) is 10.4. The van der Waals surface area contributed by atoms with Crippen LogP contribution in [0.15, 0.2) is 36.4 Å². The first kappa shape index (κ1) is 12.4. The highest BCUT2D eigenvalue weighted by Crippen LogP contribution is 2.11. The molecule has 0 amide bonds. The summed E-state index contributed by atoms with van der Waals surface area (Å²) in [5.41, 5.74) is 3.13. The molecule has 3 heteroatoms. The van der Waals surface area contributed by atoms with Crippen molar-refractivity contribution in [1.82, 2.24) is 4.98 Å². The Bertz CT molecular complexity index is 555. The molecule has 2 rings (SSSR count). The lowest BCUT2D eigenvalue weighted by atomic mass is 10.0. The molecule has 2 aromatic rings. The normalized spacial score (nSPS) is 10.4. The number of Topliss-reactive ketones (excluding diaryl/α,β-unsaturated/α-hetero) is 1. The van der Waals surface area contributed by atoms with Crippen LogP contribution in [0.3, 0.4) is 0 Å². The molecule has 0 unspecified atom stereocenters. The molecule has 0 aliphatic heterocycles. The van der Waals surface area contributed by atoms with E-state index >= 15 is 0 Å². The number of nitrogens with zero attached hydrogens (tertiary/aromatic N) is 1. The second kappa shape index (κ2) is 5.08. The van der Waals surface area contributed by atoms with Gasteiger partial charge in [-0.2, -0.15) is 0 Å². The fourth-order valence-electron chi connectivity index (χ4n) is 1.89. The minimum atomic E-state index is -0.290. The molecule has 0 radical (unpaired) electrons. The van der Waals surface area contributed by atoms with E-state index < -0.39 is 0 Å². The molecule has 1 heterocycles. The Hall–Kier alpha value is -2.03. The van der Waals surface area contributed by atoms with Crippen LogP contribution in [0.1, 0.15) is 27.3 Å². The smallest absolute Gasteiger partial charge is 0.167 e. The molecule has 18 heavy (non-hydrogen) atoms. The third-order valence-electron chi connectivity index (χ3n) is 2.68. The molecule has 2 nitrogen and oxygen atoms in total. The van der Waals surface area contributed by atoms with E-state index in [1.54, 1.807) is 24.3 Å². The van der Waals surface area contributed by atoms with E-state index in [1.165, 1.54) is 12.1 Å². The standard InChI is InChI=1S/C15H14FNO/c1-10-7-13(8-11(2)17-10)15(18)9-12-3-5-14(16)6-4-12/h3-8H,9H2,1-2H3. The average molecular weight is 243 g/mol. The van der Waals surface area contributed by atoms with E-state index in [1.807, 2.05) is 13.8 Å². The van der Waals surface area contributed by atoms with Gasteiger partial charge in [-0.15, -0.1) is 0 Å². The van der Waals surface area contributed by atoms with Crippen LogP contribution in [0.25, 0.3) is 0 Å². The van der Waals surface area contributed by atoms with Crippen LogP contribution in [0.4, 0.5) is 4.39 Å². The van der Waals surface area contributed by atoms with Crippen molar-refractivity contribution in [3.05, 3.63) is 64.7 Å². The average Bonchev–Trinajstić information content (AvgIpc) is 2.31. The Morgan fingerprint density at radius 1 is 1.11 bits per heavy atom. The maximum atomic E-state index is 12.8. The Morgan fingerprint density at radius 2 is 1.67 bits per heavy atom. The van der Waals surface area contributed by atoms with Gasteiger partial charge < -0.3 is 0 Å². The van der Waals surface area contributed by atoms with Crippen molar-refractivity contribution in [2.75, 3.05) is 0 Å². The van der Waals surface area contributed by atoms with Gasteiger partial charge >= 0.3 is 0 Å². The molecule has 0 bridgehead atoms. The van der Waals surface area contributed by atoms with Gasteiger partial charge in [0, 0.05) is 23.4 Å². The van der Waals surface area contributed by atoms with Crippen LogP contribution in [0.2, 0.25) is 0 Å². The molecule has 0 N–H and O–H groups in total. The van der Waals surface area contributed by atoms with Gasteiger partial charge in [0.05, 0.1) is 0 Å². The van der Waals surface area contributed by atoms with Crippen LogP contribution < -0.4 is 0 Å². The van der Waals surface area contributed by atoms with Gasteiger partial charge in [0.1, 0.15) is 5.82 Å². The SMILES string of the molecule is Cc1cc(C(=O)Cc2ccc(F)cc2)cc(C)n1. The molecule has 0 aliphatic rings. The molecular formula is C15H14FNO. The van der Waals surface area contributed by atoms with E-state index in [0.717, 1.165) is 17.0 Å². The van der Waals surface area contributed by atoms with Gasteiger partial charge in [-0.05, 0) is 43.7 Å². The minimum absolute atomic E-state index is 0.0233. The number of carbonyl (C=O) groups excluding carboxylic acids is 1. The summed E-state index contributed by atoms with van der Waals surface area (Å²) < 4.78 is 12.8. The molecule has 1 aromatic carbocycles. The Balaban J connectivity index is 2.19. The number of hydrogen-bond acceptors (Lipinski definition) is 2. The van der Waals surface area contributed by atoms with Crippen LogP contribution in [0.5, 0.6) is 0 Å². The van der Waals surface area contributed by atoms with Gasteiger partial charge in [0.2, 0.25) is 0 Å². The second-order valence-electron chi connectivity index (χ2n) is 4.37. The number of pyridine rings is 1. The highest BCUT2D eigenvalue weighted by Gasteiger charge is 2.08. The first-order valence-corrected chi connectivity index (χ1v) is 5.77. The summed E-state index contributed by atoms with van der Waals surface area (Å²) in [5, 5.41) is 0. The molecule has 0 fully saturated rings. The van der Waals surface area contributed by atoms with E-state index in [0.29, 0.717) is 5.56 Å². The quantitative estimate of drug-likeness (QED) is 0.774. The number of aryl methyl sites for hydroxylation is 2. The van der Waals surface area contributed by atoms with Crippen molar-refractivity contribution in [1.29, 1.82) is 0 Å². The van der Waals surface area contributed by atoms with E-state index in [-0.39, 0.29) is 18.0 Å². The summed E-state index contributed by atoms with van der Waals surface area (Å²) in [6, 6.07) is 9.55. The summed E-state index contributed by atoms with van der Waals surface area (Å²) in [4.78, 5) is 16.3. The summed E-state index contributed by atoms with van der Waals surface area (Å²) in [6.45, 7) is 3.73. The molecule has 0 saturated heterocycles. The van der Waals surface area contributed by atoms with Gasteiger partial charge in [-0.1, -0.05) is 12.1 Å². The number of benzene rings is 1. The third-order valence-corrected chi connectivity index (χ3v) is 2.68. The van der Waals surface area contributed by atoms with E-state index in [2.05, 4.69) is 4.98 Å². The first-order valence-electron chi connectivity index (χ1n) is 5.77. The maximum Gasteiger partial charge on any atom is 0.167 e. The highest BCUT2D eigenvalue weighted by atomic mass is 19.1. The lowest BCUT2D eigenvalue weighted by molar-refractivity contribution is 0.0992. The molecule has 0 spiro atoms. The van der Waals surface area contributed by atoms with Crippen LogP contribution in [-0.2, 0) is 6.42 Å². The molecule has 0 saturated carbocycles. The lowest BCUT2D eigenvalue weighted by Crippen LogP contribution is -2.05. The number of hydrogen-bond donors (Lipinski definition) is 0. The van der Waals surface area contributed by atoms with Crippen LogP contribution in [0, 0.1) is 19.7 Å². The van der Waals surface area contributed by atoms with Crippen LogP contribution in [-0.4, -0.2) is 10.8 Å². The number of ketones is 1. The summed E-state index contributed by atoms with van der Waals surface area (Å²) in [7, 11) is 0. The molecule has 1 aromatic heterocycles. The van der Waals surface area contributed by atoms with Crippen molar-refractivity contribution in [3.63, 3.8) is 0 Å². The van der Waals surface area contributed by atoms with Gasteiger partial charge in [0.25, 0.3) is 0 Å². The van der Waals surface area contributed by atoms with E-state index in [9.17, 15) is 9.18 Å².